The third kappa shape index (κ3) is 2.57. The van der Waals surface area contributed by atoms with Crippen molar-refractivity contribution >= 4 is 6.09 Å². The zero-order chi connectivity index (χ0) is 16.5. The number of benzene rings is 2. The number of amides is 1. The van der Waals surface area contributed by atoms with Crippen molar-refractivity contribution in [2.75, 3.05) is 13.2 Å². The summed E-state index contributed by atoms with van der Waals surface area (Å²) in [5.41, 5.74) is 6.17. The molecule has 1 saturated heterocycles. The fourth-order valence-electron chi connectivity index (χ4n) is 3.85. The monoisotopic (exact) mass is 323 g/mol. The molecule has 24 heavy (non-hydrogen) atoms. The number of likely N-dealkylation sites (tertiary alicyclic amines) is 1. The first-order valence-electron chi connectivity index (χ1n) is 8.51. The lowest BCUT2D eigenvalue weighted by molar-refractivity contribution is 0.0794. The van der Waals surface area contributed by atoms with Gasteiger partial charge in [0.15, 0.2) is 0 Å². The minimum absolute atomic E-state index is 0.00510. The number of ether oxygens (including phenoxy) is 1. The largest absolute Gasteiger partial charge is 0.445 e. The molecular weight excluding hydrogens is 302 g/mol. The Morgan fingerprint density at radius 2 is 2.00 bits per heavy atom. The Labute approximate surface area is 141 Å². The molecule has 0 bridgehead atoms. The maximum atomic E-state index is 12.3. The first-order valence-corrected chi connectivity index (χ1v) is 8.51. The van der Waals surface area contributed by atoms with Crippen LogP contribution in [0.3, 0.4) is 0 Å². The minimum Gasteiger partial charge on any atom is -0.445 e. The summed E-state index contributed by atoms with van der Waals surface area (Å²) in [6, 6.07) is 14.5. The quantitative estimate of drug-likeness (QED) is 0.804. The summed E-state index contributed by atoms with van der Waals surface area (Å²) < 4.78 is 5.54. The van der Waals surface area contributed by atoms with E-state index in [-0.39, 0.29) is 25.3 Å². The summed E-state index contributed by atoms with van der Waals surface area (Å²) >= 11 is 0. The number of fused-ring (bicyclic) bond motifs is 3. The van der Waals surface area contributed by atoms with Crippen LogP contribution in [0, 0.1) is 0 Å². The van der Waals surface area contributed by atoms with Crippen molar-refractivity contribution in [3.8, 4) is 11.1 Å². The van der Waals surface area contributed by atoms with Crippen molar-refractivity contribution in [1.82, 2.24) is 4.90 Å². The SMILES string of the molecule is O=C(OCc1cccc2c1Cc1ccccc1-2)N1CCCC1CO. The highest BCUT2D eigenvalue weighted by atomic mass is 16.6. The van der Waals surface area contributed by atoms with Crippen LogP contribution in [0.1, 0.15) is 29.5 Å². The second kappa shape index (κ2) is 6.29. The van der Waals surface area contributed by atoms with Crippen LogP contribution in [0.25, 0.3) is 11.1 Å². The topological polar surface area (TPSA) is 49.8 Å². The van der Waals surface area contributed by atoms with E-state index in [2.05, 4.69) is 30.3 Å². The van der Waals surface area contributed by atoms with Gasteiger partial charge < -0.3 is 14.7 Å². The van der Waals surface area contributed by atoms with E-state index in [1.807, 2.05) is 12.1 Å². The van der Waals surface area contributed by atoms with Crippen molar-refractivity contribution in [2.24, 2.45) is 0 Å². The van der Waals surface area contributed by atoms with E-state index in [9.17, 15) is 9.90 Å². The molecule has 1 fully saturated rings. The molecule has 2 aromatic rings. The second-order valence-electron chi connectivity index (χ2n) is 6.50. The molecule has 1 aliphatic heterocycles. The molecule has 0 spiro atoms. The third-order valence-corrected chi connectivity index (χ3v) is 5.12. The van der Waals surface area contributed by atoms with Crippen LogP contribution in [0.5, 0.6) is 0 Å². The average molecular weight is 323 g/mol. The van der Waals surface area contributed by atoms with Crippen molar-refractivity contribution in [3.63, 3.8) is 0 Å². The Kier molecular flexibility index (Phi) is 3.98. The summed E-state index contributed by atoms with van der Waals surface area (Å²) in [7, 11) is 0. The fraction of sp³-hybridized carbons (Fsp3) is 0.350. The molecule has 1 aliphatic carbocycles. The molecule has 0 aromatic heterocycles. The molecule has 1 heterocycles. The Balaban J connectivity index is 1.50. The van der Waals surface area contributed by atoms with Gasteiger partial charge in [-0.2, -0.15) is 0 Å². The molecule has 4 heteroatoms. The van der Waals surface area contributed by atoms with Gasteiger partial charge in [0, 0.05) is 6.54 Å². The van der Waals surface area contributed by atoms with Gasteiger partial charge in [0.1, 0.15) is 6.61 Å². The lowest BCUT2D eigenvalue weighted by Gasteiger charge is -2.22. The van der Waals surface area contributed by atoms with Gasteiger partial charge in [-0.15, -0.1) is 0 Å². The Morgan fingerprint density at radius 1 is 1.17 bits per heavy atom. The highest BCUT2D eigenvalue weighted by Gasteiger charge is 2.29. The first-order chi connectivity index (χ1) is 11.8. The molecule has 1 amide bonds. The van der Waals surface area contributed by atoms with Crippen LogP contribution in [0.15, 0.2) is 42.5 Å². The van der Waals surface area contributed by atoms with Gasteiger partial charge in [-0.1, -0.05) is 42.5 Å². The standard InChI is InChI=1S/C20H21NO3/c22-12-16-7-4-10-21(16)20(23)24-13-15-6-3-9-18-17-8-2-1-5-14(17)11-19(15)18/h1-3,5-6,8-9,16,22H,4,7,10-13H2. The Bertz CT molecular complexity index is 771. The normalized spacial score (nSPS) is 18.4. The second-order valence-corrected chi connectivity index (χ2v) is 6.50. The first kappa shape index (κ1) is 15.2. The number of carbonyl (C=O) groups is 1. The van der Waals surface area contributed by atoms with E-state index in [1.165, 1.54) is 22.3 Å². The summed E-state index contributed by atoms with van der Waals surface area (Å²) in [5, 5.41) is 9.35. The minimum atomic E-state index is -0.320. The average Bonchev–Trinajstić information content (AvgIpc) is 3.24. The molecular formula is C20H21NO3. The van der Waals surface area contributed by atoms with E-state index >= 15 is 0 Å². The molecule has 1 atom stereocenters. The number of hydrogen-bond acceptors (Lipinski definition) is 3. The Hall–Kier alpha value is -2.33. The lowest BCUT2D eigenvalue weighted by atomic mass is 10.0. The van der Waals surface area contributed by atoms with E-state index in [1.54, 1.807) is 4.90 Å². The van der Waals surface area contributed by atoms with Crippen LogP contribution >= 0.6 is 0 Å². The zero-order valence-electron chi connectivity index (χ0n) is 13.6. The predicted molar refractivity (Wildman–Crippen MR) is 91.7 cm³/mol. The molecule has 2 aliphatic rings. The molecule has 2 aromatic carbocycles. The van der Waals surface area contributed by atoms with Gasteiger partial charge in [-0.3, -0.25) is 0 Å². The van der Waals surface area contributed by atoms with Crippen molar-refractivity contribution in [2.45, 2.75) is 31.9 Å². The van der Waals surface area contributed by atoms with Crippen LogP contribution in [-0.2, 0) is 17.8 Å². The van der Waals surface area contributed by atoms with Gasteiger partial charge in [0.25, 0.3) is 0 Å². The van der Waals surface area contributed by atoms with Crippen LogP contribution in [0.2, 0.25) is 0 Å². The van der Waals surface area contributed by atoms with E-state index < -0.39 is 0 Å². The number of hydrogen-bond donors (Lipinski definition) is 1. The number of rotatable bonds is 3. The number of nitrogens with zero attached hydrogens (tertiary/aromatic N) is 1. The van der Waals surface area contributed by atoms with E-state index in [4.69, 9.17) is 4.74 Å². The lowest BCUT2D eigenvalue weighted by Crippen LogP contribution is -2.37. The molecule has 0 radical (unpaired) electrons. The predicted octanol–water partition coefficient (Wildman–Crippen LogP) is 3.35. The molecule has 4 nitrogen and oxygen atoms in total. The molecule has 4 rings (SSSR count). The smallest absolute Gasteiger partial charge is 0.410 e. The van der Waals surface area contributed by atoms with Gasteiger partial charge >= 0.3 is 6.09 Å². The van der Waals surface area contributed by atoms with Crippen molar-refractivity contribution < 1.29 is 14.6 Å². The third-order valence-electron chi connectivity index (χ3n) is 5.12. The number of aliphatic hydroxyl groups is 1. The summed E-state index contributed by atoms with van der Waals surface area (Å²) in [5.74, 6) is 0. The van der Waals surface area contributed by atoms with Crippen LogP contribution in [0.4, 0.5) is 4.79 Å². The number of aliphatic hydroxyl groups excluding tert-OH is 1. The molecule has 1 unspecified atom stereocenters. The van der Waals surface area contributed by atoms with Crippen LogP contribution in [-0.4, -0.2) is 35.3 Å². The summed E-state index contributed by atoms with van der Waals surface area (Å²) in [6.45, 7) is 0.957. The summed E-state index contributed by atoms with van der Waals surface area (Å²) in [6.07, 6.45) is 2.35. The van der Waals surface area contributed by atoms with Gasteiger partial charge in [0.2, 0.25) is 0 Å². The highest BCUT2D eigenvalue weighted by Crippen LogP contribution is 2.38. The van der Waals surface area contributed by atoms with E-state index in [0.29, 0.717) is 6.54 Å². The van der Waals surface area contributed by atoms with Crippen molar-refractivity contribution in [3.05, 3.63) is 59.2 Å². The Morgan fingerprint density at radius 3 is 2.88 bits per heavy atom. The van der Waals surface area contributed by atoms with E-state index in [0.717, 1.165) is 24.8 Å². The maximum Gasteiger partial charge on any atom is 0.410 e. The van der Waals surface area contributed by atoms with Gasteiger partial charge in [0.05, 0.1) is 12.6 Å². The fourth-order valence-corrected chi connectivity index (χ4v) is 3.85. The number of carbonyl (C=O) groups excluding carboxylic acids is 1. The zero-order valence-corrected chi connectivity index (χ0v) is 13.6. The maximum absolute atomic E-state index is 12.3. The van der Waals surface area contributed by atoms with Gasteiger partial charge in [-0.05, 0) is 47.1 Å². The van der Waals surface area contributed by atoms with Crippen LogP contribution < -0.4 is 0 Å². The molecule has 1 N–H and O–H groups in total. The van der Waals surface area contributed by atoms with Crippen molar-refractivity contribution in [1.29, 1.82) is 0 Å². The highest BCUT2D eigenvalue weighted by molar-refractivity contribution is 5.78. The van der Waals surface area contributed by atoms with Gasteiger partial charge in [-0.25, -0.2) is 4.79 Å². The summed E-state index contributed by atoms with van der Waals surface area (Å²) in [4.78, 5) is 13.9. The molecule has 124 valence electrons. The molecule has 0 saturated carbocycles.